The van der Waals surface area contributed by atoms with Gasteiger partial charge in [0.05, 0.1) is 0 Å². The molecule has 0 heterocycles. The molecular weight excluding hydrogens is 1010 g/mol. The Kier molecular flexibility index (Phi) is 66.7. The Hall–Kier alpha value is -3.67. The summed E-state index contributed by atoms with van der Waals surface area (Å²) in [5.41, 5.74) is 0. The zero-order valence-corrected chi connectivity index (χ0v) is 54.2. The van der Waals surface area contributed by atoms with Crippen molar-refractivity contribution >= 4 is 17.9 Å². The first-order chi connectivity index (χ1) is 40.5. The topological polar surface area (TPSA) is 78.9 Å². The van der Waals surface area contributed by atoms with Crippen molar-refractivity contribution < 1.29 is 28.6 Å². The third kappa shape index (κ3) is 67.1. The molecule has 0 saturated heterocycles. The lowest BCUT2D eigenvalue weighted by molar-refractivity contribution is -0.166. The van der Waals surface area contributed by atoms with Crippen molar-refractivity contribution in [1.29, 1.82) is 0 Å². The molecule has 0 N–H and O–H groups in total. The second kappa shape index (κ2) is 69.8. The summed E-state index contributed by atoms with van der Waals surface area (Å²) in [6.07, 6.45) is 94.4. The predicted molar refractivity (Wildman–Crippen MR) is 357 cm³/mol. The second-order valence-electron chi connectivity index (χ2n) is 23.4. The van der Waals surface area contributed by atoms with Crippen molar-refractivity contribution in [3.63, 3.8) is 0 Å². The average Bonchev–Trinajstić information content (AvgIpc) is 3.47. The molecular formula is C76H132O6. The van der Waals surface area contributed by atoms with Gasteiger partial charge in [-0.3, -0.25) is 14.4 Å². The van der Waals surface area contributed by atoms with Gasteiger partial charge >= 0.3 is 17.9 Å². The van der Waals surface area contributed by atoms with Gasteiger partial charge in [-0.1, -0.05) is 336 Å². The number of carbonyl (C=O) groups is 3. The molecule has 1 unspecified atom stereocenters. The highest BCUT2D eigenvalue weighted by Gasteiger charge is 2.19. The average molecular weight is 1140 g/mol. The first-order valence-electron chi connectivity index (χ1n) is 35.2. The Morgan fingerprint density at radius 2 is 0.500 bits per heavy atom. The molecule has 0 rings (SSSR count). The molecule has 6 nitrogen and oxygen atoms in total. The summed E-state index contributed by atoms with van der Waals surface area (Å²) in [5, 5.41) is 0. The van der Waals surface area contributed by atoms with Gasteiger partial charge in [-0.25, -0.2) is 0 Å². The molecule has 0 aromatic heterocycles. The van der Waals surface area contributed by atoms with E-state index in [0.29, 0.717) is 19.3 Å². The largest absolute Gasteiger partial charge is 0.462 e. The maximum absolute atomic E-state index is 13.0. The lowest BCUT2D eigenvalue weighted by Gasteiger charge is -2.18. The standard InChI is InChI=1S/C76H132O6/c1-4-7-10-13-16-19-22-25-28-31-34-36-37-38-39-40-43-45-48-51-54-57-60-63-66-69-75(78)81-72-73(71-80-74(77)68-65-62-59-56-53-50-47-44-41-33-30-27-24-21-18-15-12-9-6-3)82-76(79)70-67-64-61-58-55-52-49-46-42-35-32-29-26-23-20-17-14-11-8-5-2/h9,12,18,21-22,25,27,30-31,34,41,44,50,53,59,62,73H,4-8,10-11,13-17,19-20,23-24,26,28-29,32-33,35-40,42-43,45-49,51-52,54-58,60-61,63-72H2,1-3H3/b12-9-,21-18-,25-22-,30-27-,34-31-,44-41-,53-50-,62-59-. The number of unbranched alkanes of at least 4 members (excludes halogenated alkanes) is 37. The third-order valence-corrected chi connectivity index (χ3v) is 15.3. The van der Waals surface area contributed by atoms with Crippen molar-refractivity contribution in [2.45, 2.75) is 354 Å². The van der Waals surface area contributed by atoms with Crippen LogP contribution in [0.5, 0.6) is 0 Å². The van der Waals surface area contributed by atoms with Crippen LogP contribution < -0.4 is 0 Å². The van der Waals surface area contributed by atoms with E-state index in [-0.39, 0.29) is 37.5 Å². The van der Waals surface area contributed by atoms with E-state index in [9.17, 15) is 14.4 Å². The molecule has 0 fully saturated rings. The highest BCUT2D eigenvalue weighted by Crippen LogP contribution is 2.18. The molecule has 0 aliphatic carbocycles. The summed E-state index contributed by atoms with van der Waals surface area (Å²) in [6.45, 7) is 6.50. The highest BCUT2D eigenvalue weighted by molar-refractivity contribution is 5.71. The van der Waals surface area contributed by atoms with E-state index in [1.165, 1.54) is 218 Å². The van der Waals surface area contributed by atoms with Crippen molar-refractivity contribution in [3.8, 4) is 0 Å². The number of carbonyl (C=O) groups excluding carboxylic acids is 3. The van der Waals surface area contributed by atoms with E-state index in [0.717, 1.165) is 83.5 Å². The lowest BCUT2D eigenvalue weighted by Crippen LogP contribution is -2.30. The molecule has 0 aromatic rings. The van der Waals surface area contributed by atoms with Gasteiger partial charge in [0.2, 0.25) is 0 Å². The maximum Gasteiger partial charge on any atom is 0.306 e. The monoisotopic (exact) mass is 1140 g/mol. The Balaban J connectivity index is 4.41. The summed E-state index contributed by atoms with van der Waals surface area (Å²) in [5.74, 6) is -0.969. The first kappa shape index (κ1) is 78.3. The van der Waals surface area contributed by atoms with Crippen LogP contribution in [0.2, 0.25) is 0 Å². The van der Waals surface area contributed by atoms with E-state index in [1.54, 1.807) is 0 Å². The van der Waals surface area contributed by atoms with Crippen LogP contribution in [0.1, 0.15) is 348 Å². The fraction of sp³-hybridized carbons (Fsp3) is 0.750. The lowest BCUT2D eigenvalue weighted by atomic mass is 10.0. The molecule has 6 heteroatoms. The number of allylic oxidation sites excluding steroid dienone is 16. The van der Waals surface area contributed by atoms with Gasteiger partial charge < -0.3 is 14.2 Å². The van der Waals surface area contributed by atoms with E-state index < -0.39 is 6.10 Å². The molecule has 1 atom stereocenters. The van der Waals surface area contributed by atoms with Gasteiger partial charge in [0.1, 0.15) is 13.2 Å². The summed E-state index contributed by atoms with van der Waals surface area (Å²) in [6, 6.07) is 0. The normalized spacial score (nSPS) is 12.7. The number of hydrogen-bond donors (Lipinski definition) is 0. The molecule has 472 valence electrons. The molecule has 0 amide bonds. The van der Waals surface area contributed by atoms with Crippen LogP contribution in [0.25, 0.3) is 0 Å². The van der Waals surface area contributed by atoms with Gasteiger partial charge in [-0.15, -0.1) is 0 Å². The summed E-state index contributed by atoms with van der Waals surface area (Å²) in [7, 11) is 0. The highest BCUT2D eigenvalue weighted by atomic mass is 16.6. The predicted octanol–water partition coefficient (Wildman–Crippen LogP) is 24.4. The Morgan fingerprint density at radius 3 is 0.817 bits per heavy atom. The minimum Gasteiger partial charge on any atom is -0.462 e. The number of rotatable bonds is 64. The Morgan fingerprint density at radius 1 is 0.256 bits per heavy atom. The molecule has 0 aliphatic heterocycles. The van der Waals surface area contributed by atoms with Gasteiger partial charge in [0.25, 0.3) is 0 Å². The molecule has 0 aliphatic rings. The number of ether oxygens (including phenoxy) is 3. The summed E-state index contributed by atoms with van der Waals surface area (Å²) < 4.78 is 16.9. The maximum atomic E-state index is 13.0. The van der Waals surface area contributed by atoms with Crippen LogP contribution in [0.3, 0.4) is 0 Å². The van der Waals surface area contributed by atoms with E-state index >= 15 is 0 Å². The zero-order valence-electron chi connectivity index (χ0n) is 54.2. The van der Waals surface area contributed by atoms with E-state index in [1.807, 2.05) is 6.08 Å². The quantitative estimate of drug-likeness (QED) is 0.0261. The van der Waals surface area contributed by atoms with Gasteiger partial charge in [-0.05, 0) is 89.9 Å². The number of esters is 3. The number of hydrogen-bond acceptors (Lipinski definition) is 6. The van der Waals surface area contributed by atoms with E-state index in [2.05, 4.69) is 112 Å². The van der Waals surface area contributed by atoms with Crippen LogP contribution in [-0.4, -0.2) is 37.2 Å². The second-order valence-corrected chi connectivity index (χ2v) is 23.4. The molecule has 82 heavy (non-hydrogen) atoms. The van der Waals surface area contributed by atoms with Crippen LogP contribution in [0, 0.1) is 0 Å². The molecule has 0 aromatic carbocycles. The van der Waals surface area contributed by atoms with Gasteiger partial charge in [0, 0.05) is 19.3 Å². The molecule has 0 radical (unpaired) electrons. The minimum atomic E-state index is -0.809. The van der Waals surface area contributed by atoms with Crippen molar-refractivity contribution in [3.05, 3.63) is 97.2 Å². The molecule has 0 saturated carbocycles. The third-order valence-electron chi connectivity index (χ3n) is 15.3. The van der Waals surface area contributed by atoms with Crippen molar-refractivity contribution in [2.24, 2.45) is 0 Å². The fourth-order valence-corrected chi connectivity index (χ4v) is 10.1. The van der Waals surface area contributed by atoms with Gasteiger partial charge in [0.15, 0.2) is 6.10 Å². The van der Waals surface area contributed by atoms with Crippen molar-refractivity contribution in [1.82, 2.24) is 0 Å². The zero-order chi connectivity index (χ0) is 59.2. The first-order valence-corrected chi connectivity index (χ1v) is 35.2. The minimum absolute atomic E-state index is 0.0982. The molecule has 0 bridgehead atoms. The Labute approximate surface area is 508 Å². The van der Waals surface area contributed by atoms with Crippen LogP contribution >= 0.6 is 0 Å². The Bertz CT molecular complexity index is 1590. The summed E-state index contributed by atoms with van der Waals surface area (Å²) in [4.78, 5) is 38.4. The van der Waals surface area contributed by atoms with Crippen LogP contribution in [0.4, 0.5) is 0 Å². The SMILES string of the molecule is CC/C=C\C/C=C\C/C=C\C/C=C\C/C=C\C/C=C\CCC(=O)OCC(COC(=O)CCCCCCCCCCCCCCC/C=C\C/C=C\CCCCCCC)OC(=O)CCCCCCCCCCCCCCCCCCCCCC. The molecule has 0 spiro atoms. The summed E-state index contributed by atoms with van der Waals surface area (Å²) >= 11 is 0. The van der Waals surface area contributed by atoms with E-state index in [4.69, 9.17) is 14.2 Å². The van der Waals surface area contributed by atoms with Crippen molar-refractivity contribution in [2.75, 3.05) is 13.2 Å². The van der Waals surface area contributed by atoms with Gasteiger partial charge in [-0.2, -0.15) is 0 Å². The smallest absolute Gasteiger partial charge is 0.306 e. The van der Waals surface area contributed by atoms with Crippen LogP contribution in [-0.2, 0) is 28.6 Å². The fourth-order valence-electron chi connectivity index (χ4n) is 10.1. The van der Waals surface area contributed by atoms with Crippen LogP contribution in [0.15, 0.2) is 97.2 Å².